The van der Waals surface area contributed by atoms with Gasteiger partial charge in [-0.2, -0.15) is 0 Å². The van der Waals surface area contributed by atoms with Crippen LogP contribution >= 0.6 is 15.9 Å². The molecule has 68 valence electrons. The van der Waals surface area contributed by atoms with E-state index in [9.17, 15) is 9.18 Å². The number of carbonyl (C=O) groups excluding carboxylic acids is 1. The molecule has 1 aliphatic carbocycles. The zero-order valence-electron chi connectivity index (χ0n) is 6.81. The first-order valence-electron chi connectivity index (χ1n) is 3.95. The highest BCUT2D eigenvalue weighted by Gasteiger charge is 2.43. The molecule has 2 nitrogen and oxygen atoms in total. The maximum absolute atomic E-state index is 12.4. The first-order chi connectivity index (χ1) is 5.65. The largest absolute Gasteiger partial charge is 0.320 e. The standard InChI is InChI=1S/C8H11BrFNO/c1-2-3-7(9)11-8(12)5-4-6(5)10/h3,5-6H,2,4H2,1H3,(H,11,12)/b7-3+/t5-,6+/m1/s1. The Balaban J connectivity index is 2.31. The number of nitrogens with one attached hydrogen (secondary N) is 1. The molecule has 12 heavy (non-hydrogen) atoms. The first-order valence-corrected chi connectivity index (χ1v) is 4.75. The topological polar surface area (TPSA) is 29.1 Å². The van der Waals surface area contributed by atoms with Crippen molar-refractivity contribution < 1.29 is 9.18 Å². The summed E-state index contributed by atoms with van der Waals surface area (Å²) in [5, 5.41) is 2.57. The van der Waals surface area contributed by atoms with Crippen LogP contribution in [-0.4, -0.2) is 12.1 Å². The molecule has 0 aromatic rings. The van der Waals surface area contributed by atoms with Gasteiger partial charge in [-0.1, -0.05) is 13.0 Å². The highest BCUT2D eigenvalue weighted by atomic mass is 79.9. The minimum absolute atomic E-state index is 0.223. The monoisotopic (exact) mass is 235 g/mol. The molecule has 0 unspecified atom stereocenters. The molecule has 1 aliphatic rings. The van der Waals surface area contributed by atoms with E-state index in [1.165, 1.54) is 0 Å². The molecule has 4 heteroatoms. The van der Waals surface area contributed by atoms with Gasteiger partial charge < -0.3 is 5.32 Å². The van der Waals surface area contributed by atoms with Crippen molar-refractivity contribution in [1.82, 2.24) is 5.32 Å². The number of halogens is 2. The SMILES string of the molecule is CC/C=C(\Br)NC(=O)[C@@H]1C[C@@H]1F. The summed E-state index contributed by atoms with van der Waals surface area (Å²) in [6, 6.07) is 0. The lowest BCUT2D eigenvalue weighted by molar-refractivity contribution is -0.121. The van der Waals surface area contributed by atoms with Crippen LogP contribution in [0.2, 0.25) is 0 Å². The van der Waals surface area contributed by atoms with Gasteiger partial charge in [0.05, 0.1) is 10.5 Å². The van der Waals surface area contributed by atoms with Crippen molar-refractivity contribution in [2.24, 2.45) is 5.92 Å². The minimum Gasteiger partial charge on any atom is -0.320 e. The molecule has 0 heterocycles. The van der Waals surface area contributed by atoms with Gasteiger partial charge in [-0.15, -0.1) is 0 Å². The van der Waals surface area contributed by atoms with Crippen molar-refractivity contribution in [1.29, 1.82) is 0 Å². The average Bonchev–Trinajstić information content (AvgIpc) is 2.67. The fourth-order valence-corrected chi connectivity index (χ4v) is 1.40. The number of alkyl halides is 1. The second kappa shape index (κ2) is 4.03. The van der Waals surface area contributed by atoms with Crippen molar-refractivity contribution in [2.75, 3.05) is 0 Å². The second-order valence-electron chi connectivity index (χ2n) is 2.81. The molecule has 1 amide bonds. The van der Waals surface area contributed by atoms with Gasteiger partial charge in [0.25, 0.3) is 0 Å². The number of carbonyl (C=O) groups is 1. The molecule has 0 aromatic carbocycles. The van der Waals surface area contributed by atoms with Crippen LogP contribution in [0.3, 0.4) is 0 Å². The molecule has 0 bridgehead atoms. The lowest BCUT2D eigenvalue weighted by Crippen LogP contribution is -2.22. The summed E-state index contributed by atoms with van der Waals surface area (Å²) in [5.41, 5.74) is 0. The summed E-state index contributed by atoms with van der Waals surface area (Å²) in [4.78, 5) is 11.1. The normalized spacial score (nSPS) is 28.4. The average molecular weight is 236 g/mol. The Morgan fingerprint density at radius 2 is 2.42 bits per heavy atom. The van der Waals surface area contributed by atoms with Gasteiger partial charge in [-0.05, 0) is 28.8 Å². The van der Waals surface area contributed by atoms with Crippen molar-refractivity contribution in [3.05, 3.63) is 10.7 Å². The molecule has 0 aromatic heterocycles. The number of hydrogen-bond donors (Lipinski definition) is 1. The fourth-order valence-electron chi connectivity index (χ4n) is 0.876. The van der Waals surface area contributed by atoms with Crippen molar-refractivity contribution in [2.45, 2.75) is 25.9 Å². The highest BCUT2D eigenvalue weighted by Crippen LogP contribution is 2.34. The van der Waals surface area contributed by atoms with E-state index in [2.05, 4.69) is 21.2 Å². The van der Waals surface area contributed by atoms with E-state index < -0.39 is 12.1 Å². The summed E-state index contributed by atoms with van der Waals surface area (Å²) < 4.78 is 13.0. The number of hydrogen-bond acceptors (Lipinski definition) is 1. The third kappa shape index (κ3) is 2.59. The molecular formula is C8H11BrFNO. The van der Waals surface area contributed by atoms with E-state index in [0.717, 1.165) is 6.42 Å². The molecule has 0 spiro atoms. The van der Waals surface area contributed by atoms with Gasteiger partial charge >= 0.3 is 0 Å². The maximum Gasteiger partial charge on any atom is 0.230 e. The summed E-state index contributed by atoms with van der Waals surface area (Å²) in [7, 11) is 0. The zero-order chi connectivity index (χ0) is 9.14. The Hall–Kier alpha value is -0.380. The van der Waals surface area contributed by atoms with Crippen LogP contribution < -0.4 is 5.32 Å². The molecule has 1 saturated carbocycles. The Bertz CT molecular complexity index is 217. The van der Waals surface area contributed by atoms with Gasteiger partial charge in [0.15, 0.2) is 0 Å². The van der Waals surface area contributed by atoms with E-state index in [-0.39, 0.29) is 5.91 Å². The van der Waals surface area contributed by atoms with Gasteiger partial charge in [0.2, 0.25) is 5.91 Å². The molecular weight excluding hydrogens is 225 g/mol. The third-order valence-corrected chi connectivity index (χ3v) is 2.20. The predicted molar refractivity (Wildman–Crippen MR) is 48.4 cm³/mol. The Labute approximate surface area is 79.3 Å². The van der Waals surface area contributed by atoms with Crippen LogP contribution in [0.1, 0.15) is 19.8 Å². The van der Waals surface area contributed by atoms with Crippen LogP contribution in [0.15, 0.2) is 10.7 Å². The lowest BCUT2D eigenvalue weighted by atomic mass is 10.4. The van der Waals surface area contributed by atoms with Crippen LogP contribution in [0, 0.1) is 5.92 Å². The minimum atomic E-state index is -0.924. The number of rotatable bonds is 3. The summed E-state index contributed by atoms with van der Waals surface area (Å²) >= 11 is 3.16. The molecule has 0 radical (unpaired) electrons. The molecule has 0 aliphatic heterocycles. The quantitative estimate of drug-likeness (QED) is 0.747. The van der Waals surface area contributed by atoms with E-state index in [0.29, 0.717) is 11.0 Å². The number of allylic oxidation sites excluding steroid dienone is 1. The Morgan fingerprint density at radius 1 is 1.83 bits per heavy atom. The van der Waals surface area contributed by atoms with Crippen molar-refractivity contribution in [3.8, 4) is 0 Å². The van der Waals surface area contributed by atoms with Crippen molar-refractivity contribution in [3.63, 3.8) is 0 Å². The van der Waals surface area contributed by atoms with E-state index in [1.807, 2.05) is 13.0 Å². The number of amides is 1. The predicted octanol–water partition coefficient (Wildman–Crippen LogP) is 2.11. The summed E-state index contributed by atoms with van der Waals surface area (Å²) in [5.74, 6) is -0.637. The van der Waals surface area contributed by atoms with E-state index in [4.69, 9.17) is 0 Å². The zero-order valence-corrected chi connectivity index (χ0v) is 8.40. The van der Waals surface area contributed by atoms with Crippen LogP contribution in [-0.2, 0) is 4.79 Å². The summed E-state index contributed by atoms with van der Waals surface area (Å²) in [6.07, 6.45) is 2.11. The molecule has 0 saturated heterocycles. The van der Waals surface area contributed by atoms with E-state index in [1.54, 1.807) is 0 Å². The first kappa shape index (κ1) is 9.71. The van der Waals surface area contributed by atoms with Crippen LogP contribution in [0.5, 0.6) is 0 Å². The van der Waals surface area contributed by atoms with E-state index >= 15 is 0 Å². The maximum atomic E-state index is 12.4. The highest BCUT2D eigenvalue weighted by molar-refractivity contribution is 9.11. The fraction of sp³-hybridized carbons (Fsp3) is 0.625. The second-order valence-corrected chi connectivity index (χ2v) is 3.66. The van der Waals surface area contributed by atoms with Gasteiger partial charge in [-0.3, -0.25) is 4.79 Å². The smallest absolute Gasteiger partial charge is 0.230 e. The molecule has 1 N–H and O–H groups in total. The van der Waals surface area contributed by atoms with Gasteiger partial charge in [-0.25, -0.2) is 4.39 Å². The van der Waals surface area contributed by atoms with Gasteiger partial charge in [0, 0.05) is 0 Å². The molecule has 1 fully saturated rings. The van der Waals surface area contributed by atoms with Gasteiger partial charge in [0.1, 0.15) is 6.17 Å². The summed E-state index contributed by atoms with van der Waals surface area (Å²) in [6.45, 7) is 1.96. The van der Waals surface area contributed by atoms with Crippen LogP contribution in [0.4, 0.5) is 4.39 Å². The lowest BCUT2D eigenvalue weighted by Gasteiger charge is -2.00. The Morgan fingerprint density at radius 3 is 2.83 bits per heavy atom. The van der Waals surface area contributed by atoms with Crippen LogP contribution in [0.25, 0.3) is 0 Å². The van der Waals surface area contributed by atoms with Crippen molar-refractivity contribution >= 4 is 21.8 Å². The Kier molecular flexibility index (Phi) is 3.26. The molecule has 2 atom stereocenters. The molecule has 1 rings (SSSR count). The third-order valence-electron chi connectivity index (χ3n) is 1.68.